The van der Waals surface area contributed by atoms with Crippen LogP contribution in [0.25, 0.3) is 6.08 Å². The van der Waals surface area contributed by atoms with Crippen LogP contribution in [0.1, 0.15) is 32.2 Å². The van der Waals surface area contributed by atoms with Crippen LogP contribution in [-0.2, 0) is 9.53 Å². The number of carbonyl (C=O) groups is 1. The molecule has 0 saturated heterocycles. The number of hydrogen-bond acceptors (Lipinski definition) is 5. The summed E-state index contributed by atoms with van der Waals surface area (Å²) < 4.78 is 5.11. The molecule has 1 heterocycles. The molecule has 0 spiro atoms. The summed E-state index contributed by atoms with van der Waals surface area (Å²) >= 11 is 5.92. The van der Waals surface area contributed by atoms with E-state index in [2.05, 4.69) is 9.97 Å². The quantitative estimate of drug-likeness (QED) is 0.507. The Labute approximate surface area is 111 Å². The summed E-state index contributed by atoms with van der Waals surface area (Å²) in [6.45, 7) is 7.04. The zero-order valence-corrected chi connectivity index (χ0v) is 11.6. The molecule has 1 aromatic heterocycles. The van der Waals surface area contributed by atoms with Gasteiger partial charge in [0, 0.05) is 6.08 Å². The van der Waals surface area contributed by atoms with Gasteiger partial charge in [0.25, 0.3) is 0 Å². The number of halogens is 1. The summed E-state index contributed by atoms with van der Waals surface area (Å²) in [5, 5.41) is 0.208. The van der Waals surface area contributed by atoms with E-state index in [-0.39, 0.29) is 11.0 Å². The number of nitrogens with zero attached hydrogens (tertiary/aromatic N) is 2. The number of carbonyl (C=O) groups excluding carboxylic acids is 1. The molecule has 6 heteroatoms. The average molecular weight is 270 g/mol. The lowest BCUT2D eigenvalue weighted by atomic mass is 10.2. The van der Waals surface area contributed by atoms with Crippen molar-refractivity contribution in [3.05, 3.63) is 22.6 Å². The smallest absolute Gasteiger partial charge is 0.331 e. The first-order valence-electron chi connectivity index (χ1n) is 5.40. The fraction of sp³-hybridized carbons (Fsp3) is 0.417. The highest BCUT2D eigenvalue weighted by Gasteiger charge is 2.14. The van der Waals surface area contributed by atoms with Gasteiger partial charge in [-0.1, -0.05) is 11.6 Å². The molecule has 0 aromatic carbocycles. The van der Waals surface area contributed by atoms with Crippen molar-refractivity contribution in [3.8, 4) is 0 Å². The van der Waals surface area contributed by atoms with Crippen LogP contribution in [0.2, 0.25) is 5.15 Å². The van der Waals surface area contributed by atoms with E-state index in [1.54, 1.807) is 27.7 Å². The van der Waals surface area contributed by atoms with Gasteiger partial charge in [-0.25, -0.2) is 14.8 Å². The van der Waals surface area contributed by atoms with Crippen LogP contribution in [0.15, 0.2) is 6.08 Å². The van der Waals surface area contributed by atoms with E-state index in [0.29, 0.717) is 11.4 Å². The molecule has 98 valence electrons. The van der Waals surface area contributed by atoms with Gasteiger partial charge in [0.05, 0.1) is 5.56 Å². The number of hydrogen-bond donors (Lipinski definition) is 1. The van der Waals surface area contributed by atoms with E-state index in [0.717, 1.165) is 0 Å². The van der Waals surface area contributed by atoms with Gasteiger partial charge < -0.3 is 10.5 Å². The van der Waals surface area contributed by atoms with Crippen molar-refractivity contribution in [2.75, 3.05) is 5.73 Å². The van der Waals surface area contributed by atoms with E-state index in [4.69, 9.17) is 22.1 Å². The standard InChI is InChI=1S/C12H16ClN3O2/c1-7-15-10(13)8(11(14)16-7)5-6-9(17)18-12(2,3)4/h5-6H,1-4H3,(H2,14,15,16)/b6-5+. The minimum absolute atomic E-state index is 0.208. The van der Waals surface area contributed by atoms with Crippen LogP contribution in [0.5, 0.6) is 0 Å². The van der Waals surface area contributed by atoms with Gasteiger partial charge in [-0.05, 0) is 33.8 Å². The molecule has 5 nitrogen and oxygen atoms in total. The lowest BCUT2D eigenvalue weighted by Crippen LogP contribution is -2.22. The van der Waals surface area contributed by atoms with Gasteiger partial charge in [0.2, 0.25) is 0 Å². The Kier molecular flexibility index (Phi) is 4.29. The molecule has 0 atom stereocenters. The Morgan fingerprint density at radius 3 is 2.50 bits per heavy atom. The van der Waals surface area contributed by atoms with Gasteiger partial charge >= 0.3 is 5.97 Å². The maximum atomic E-state index is 11.5. The van der Waals surface area contributed by atoms with Crippen LogP contribution >= 0.6 is 11.6 Å². The topological polar surface area (TPSA) is 78.1 Å². The van der Waals surface area contributed by atoms with Crippen LogP contribution in [0, 0.1) is 6.92 Å². The molecule has 0 aliphatic heterocycles. The van der Waals surface area contributed by atoms with E-state index in [1.807, 2.05) is 0 Å². The minimum Gasteiger partial charge on any atom is -0.457 e. The lowest BCUT2D eigenvalue weighted by Gasteiger charge is -2.17. The Bertz CT molecular complexity index is 470. The summed E-state index contributed by atoms with van der Waals surface area (Å²) in [4.78, 5) is 19.4. The summed E-state index contributed by atoms with van der Waals surface area (Å²) in [5.74, 6) is 0.234. The molecule has 18 heavy (non-hydrogen) atoms. The molecule has 0 bridgehead atoms. The second kappa shape index (κ2) is 5.35. The Morgan fingerprint density at radius 1 is 1.39 bits per heavy atom. The van der Waals surface area contributed by atoms with E-state index < -0.39 is 11.6 Å². The van der Waals surface area contributed by atoms with Crippen LogP contribution < -0.4 is 5.73 Å². The largest absolute Gasteiger partial charge is 0.457 e. The van der Waals surface area contributed by atoms with Crippen LogP contribution in [0.4, 0.5) is 5.82 Å². The maximum absolute atomic E-state index is 11.5. The van der Waals surface area contributed by atoms with Gasteiger partial charge in [0.1, 0.15) is 22.4 Å². The number of rotatable bonds is 2. The number of anilines is 1. The SMILES string of the molecule is Cc1nc(N)c(/C=C/C(=O)OC(C)(C)C)c(Cl)n1. The molecule has 2 N–H and O–H groups in total. The first-order chi connectivity index (χ1) is 8.19. The highest BCUT2D eigenvalue weighted by atomic mass is 35.5. The van der Waals surface area contributed by atoms with Gasteiger partial charge in [-0.15, -0.1) is 0 Å². The molecular weight excluding hydrogens is 254 g/mol. The maximum Gasteiger partial charge on any atom is 0.331 e. The molecule has 1 rings (SSSR count). The number of nitrogens with two attached hydrogens (primary N) is 1. The van der Waals surface area contributed by atoms with Gasteiger partial charge in [-0.3, -0.25) is 0 Å². The highest BCUT2D eigenvalue weighted by Crippen LogP contribution is 2.20. The molecule has 1 aromatic rings. The third-order valence-corrected chi connectivity index (χ3v) is 2.12. The second-order valence-corrected chi connectivity index (χ2v) is 5.09. The van der Waals surface area contributed by atoms with Gasteiger partial charge in [-0.2, -0.15) is 0 Å². The van der Waals surface area contributed by atoms with Crippen LogP contribution in [0.3, 0.4) is 0 Å². The Morgan fingerprint density at radius 2 is 2.00 bits per heavy atom. The molecule has 0 radical (unpaired) electrons. The number of aryl methyl sites for hydroxylation is 1. The predicted molar refractivity (Wildman–Crippen MR) is 71.1 cm³/mol. The first-order valence-corrected chi connectivity index (χ1v) is 5.77. The highest BCUT2D eigenvalue weighted by molar-refractivity contribution is 6.31. The molecular formula is C12H16ClN3O2. The summed E-state index contributed by atoms with van der Waals surface area (Å²) in [7, 11) is 0. The molecule has 0 saturated carbocycles. The van der Waals surface area contributed by atoms with Crippen molar-refractivity contribution >= 4 is 29.5 Å². The second-order valence-electron chi connectivity index (χ2n) is 4.73. The predicted octanol–water partition coefficient (Wildman–Crippen LogP) is 2.38. The third-order valence-electron chi connectivity index (χ3n) is 1.83. The van der Waals surface area contributed by atoms with E-state index >= 15 is 0 Å². The van der Waals surface area contributed by atoms with Crippen molar-refractivity contribution < 1.29 is 9.53 Å². The van der Waals surface area contributed by atoms with Crippen molar-refractivity contribution in [2.45, 2.75) is 33.3 Å². The average Bonchev–Trinajstić information content (AvgIpc) is 2.12. The summed E-state index contributed by atoms with van der Waals surface area (Å²) in [5.41, 5.74) is 5.57. The fourth-order valence-corrected chi connectivity index (χ4v) is 1.49. The Balaban J connectivity index is 2.89. The molecule has 0 aliphatic carbocycles. The molecule has 0 fully saturated rings. The van der Waals surface area contributed by atoms with Crippen molar-refractivity contribution in [3.63, 3.8) is 0 Å². The van der Waals surface area contributed by atoms with E-state index in [9.17, 15) is 4.79 Å². The minimum atomic E-state index is -0.541. The molecule has 0 amide bonds. The molecule has 0 unspecified atom stereocenters. The third kappa shape index (κ3) is 4.33. The summed E-state index contributed by atoms with van der Waals surface area (Å²) in [6.07, 6.45) is 2.70. The van der Waals surface area contributed by atoms with Crippen molar-refractivity contribution in [1.82, 2.24) is 9.97 Å². The fourth-order valence-electron chi connectivity index (χ4n) is 1.21. The first kappa shape index (κ1) is 14.4. The van der Waals surface area contributed by atoms with Gasteiger partial charge in [0.15, 0.2) is 0 Å². The lowest BCUT2D eigenvalue weighted by molar-refractivity contribution is -0.148. The molecule has 0 aliphatic rings. The zero-order chi connectivity index (χ0) is 13.9. The Hall–Kier alpha value is -1.62. The number of aromatic nitrogens is 2. The summed E-state index contributed by atoms with van der Waals surface area (Å²) in [6, 6.07) is 0. The zero-order valence-electron chi connectivity index (χ0n) is 10.8. The normalized spacial score (nSPS) is 11.8. The number of esters is 1. The van der Waals surface area contributed by atoms with Crippen molar-refractivity contribution in [2.24, 2.45) is 0 Å². The van der Waals surface area contributed by atoms with E-state index in [1.165, 1.54) is 12.2 Å². The van der Waals surface area contributed by atoms with Crippen LogP contribution in [-0.4, -0.2) is 21.5 Å². The van der Waals surface area contributed by atoms with Crippen molar-refractivity contribution in [1.29, 1.82) is 0 Å². The number of nitrogen functional groups attached to an aromatic ring is 1. The monoisotopic (exact) mass is 269 g/mol. The number of ether oxygens (including phenoxy) is 1.